The monoisotopic (exact) mass is 506 g/mol. The molecule has 2 aliphatic rings. The van der Waals surface area contributed by atoms with E-state index in [4.69, 9.17) is 11.1 Å². The molecule has 1 aromatic rings. The second-order valence-electron chi connectivity index (χ2n) is 9.20. The molecule has 2 amide bonds. The lowest BCUT2D eigenvalue weighted by Crippen LogP contribution is -2.55. The van der Waals surface area contributed by atoms with Crippen LogP contribution in [-0.4, -0.2) is 80.5 Å². The minimum Gasteiger partial charge on any atom is -0.370 e. The van der Waals surface area contributed by atoms with Crippen molar-refractivity contribution in [3.63, 3.8) is 0 Å². The molecule has 0 aliphatic carbocycles. The van der Waals surface area contributed by atoms with Crippen LogP contribution in [0, 0.1) is 11.3 Å². The number of nitrogens with one attached hydrogen (secondary N) is 3. The lowest BCUT2D eigenvalue weighted by atomic mass is 9.92. The number of likely N-dealkylation sites (tertiary alicyclic amines) is 2. The van der Waals surface area contributed by atoms with E-state index in [9.17, 15) is 22.8 Å². The van der Waals surface area contributed by atoms with Gasteiger partial charge in [0.25, 0.3) is 0 Å². The van der Waals surface area contributed by atoms with Gasteiger partial charge in [0.15, 0.2) is 5.96 Å². The highest BCUT2D eigenvalue weighted by Crippen LogP contribution is 2.20. The van der Waals surface area contributed by atoms with Crippen molar-refractivity contribution < 1.29 is 22.8 Å². The molecule has 1 aromatic carbocycles. The predicted octanol–water partition coefficient (Wildman–Crippen LogP) is -0.224. The maximum absolute atomic E-state index is 12.9. The summed E-state index contributed by atoms with van der Waals surface area (Å²) in [5, 5.41) is 10.3. The Morgan fingerprint density at radius 3 is 2.60 bits per heavy atom. The van der Waals surface area contributed by atoms with Crippen molar-refractivity contribution in [3.05, 3.63) is 35.9 Å². The molecule has 35 heavy (non-hydrogen) atoms. The number of nitrogens with two attached hydrogens (primary N) is 1. The SMILES string of the molecule is N=C(N)N1CCCC(C[C@@H](C=O)NC(=O)CN2CCC[C@H](NS(=O)(=O)Cc3ccccc3)C2=O)C1. The fraction of sp³-hybridized carbons (Fsp3) is 0.565. The molecular formula is C23H34N6O5S. The topological polar surface area (TPSA) is 166 Å². The van der Waals surface area contributed by atoms with Gasteiger partial charge in [0, 0.05) is 19.6 Å². The van der Waals surface area contributed by atoms with Crippen molar-refractivity contribution in [2.24, 2.45) is 11.7 Å². The first kappa shape index (κ1) is 26.6. The number of carbonyl (C=O) groups is 3. The van der Waals surface area contributed by atoms with E-state index in [1.807, 2.05) is 0 Å². The van der Waals surface area contributed by atoms with Gasteiger partial charge < -0.3 is 25.6 Å². The molecule has 3 rings (SSSR count). The van der Waals surface area contributed by atoms with Gasteiger partial charge in [0.1, 0.15) is 12.3 Å². The van der Waals surface area contributed by atoms with Crippen LogP contribution < -0.4 is 15.8 Å². The van der Waals surface area contributed by atoms with E-state index < -0.39 is 33.9 Å². The summed E-state index contributed by atoms with van der Waals surface area (Å²) in [6, 6.07) is 7.06. The van der Waals surface area contributed by atoms with E-state index in [-0.39, 0.29) is 24.2 Å². The molecule has 0 spiro atoms. The number of sulfonamides is 1. The van der Waals surface area contributed by atoms with Gasteiger partial charge in [-0.1, -0.05) is 30.3 Å². The lowest BCUT2D eigenvalue weighted by molar-refractivity contribution is -0.139. The van der Waals surface area contributed by atoms with Crippen molar-refractivity contribution >= 4 is 34.1 Å². The van der Waals surface area contributed by atoms with Crippen LogP contribution in [-0.2, 0) is 30.2 Å². The Balaban J connectivity index is 1.51. The van der Waals surface area contributed by atoms with Crippen LogP contribution in [0.3, 0.4) is 0 Å². The summed E-state index contributed by atoms with van der Waals surface area (Å²) in [4.78, 5) is 40.2. The normalized spacial score (nSPS) is 21.9. The minimum atomic E-state index is -3.74. The standard InChI is InChI=1S/C23H34N6O5S/c24-23(25)29-11-4-8-18(13-29)12-19(15-30)26-21(31)14-28-10-5-9-20(22(28)32)27-35(33,34)16-17-6-2-1-3-7-17/h1-3,6-7,15,18-20,27H,4-5,8-14,16H2,(H3,24,25)(H,26,31)/t18?,19-,20-/m0/s1. The number of nitrogens with zero attached hydrogens (tertiary/aromatic N) is 2. The zero-order valence-electron chi connectivity index (χ0n) is 19.7. The molecule has 12 heteroatoms. The van der Waals surface area contributed by atoms with Crippen LogP contribution in [0.1, 0.15) is 37.7 Å². The number of amides is 2. The first-order valence-electron chi connectivity index (χ1n) is 11.8. The third-order valence-corrected chi connectivity index (χ3v) is 7.70. The average molecular weight is 507 g/mol. The van der Waals surface area contributed by atoms with Crippen LogP contribution >= 0.6 is 0 Å². The second-order valence-corrected chi connectivity index (χ2v) is 11.0. The molecule has 192 valence electrons. The summed E-state index contributed by atoms with van der Waals surface area (Å²) in [5.41, 5.74) is 6.18. The molecule has 0 saturated carbocycles. The van der Waals surface area contributed by atoms with Gasteiger partial charge in [-0.05, 0) is 43.6 Å². The first-order chi connectivity index (χ1) is 16.7. The zero-order chi connectivity index (χ0) is 25.4. The second kappa shape index (κ2) is 12.1. The quantitative estimate of drug-likeness (QED) is 0.193. The first-order valence-corrected chi connectivity index (χ1v) is 13.5. The molecule has 2 aliphatic heterocycles. The third-order valence-electron chi connectivity index (χ3n) is 6.34. The molecular weight excluding hydrogens is 472 g/mol. The minimum absolute atomic E-state index is 0.000976. The number of aldehydes is 1. The molecule has 0 radical (unpaired) electrons. The summed E-state index contributed by atoms with van der Waals surface area (Å²) in [6.45, 7) is 1.36. The molecule has 1 unspecified atom stereocenters. The third kappa shape index (κ3) is 8.03. The highest BCUT2D eigenvalue weighted by molar-refractivity contribution is 7.88. The van der Waals surface area contributed by atoms with Crippen molar-refractivity contribution in [3.8, 4) is 0 Å². The van der Waals surface area contributed by atoms with Crippen LogP contribution in [0.4, 0.5) is 0 Å². The fourth-order valence-corrected chi connectivity index (χ4v) is 6.04. The summed E-state index contributed by atoms with van der Waals surface area (Å²) >= 11 is 0. The Bertz CT molecular complexity index is 1020. The lowest BCUT2D eigenvalue weighted by Gasteiger charge is -2.34. The molecule has 2 fully saturated rings. The van der Waals surface area contributed by atoms with E-state index in [1.54, 1.807) is 35.2 Å². The predicted molar refractivity (Wildman–Crippen MR) is 131 cm³/mol. The number of benzene rings is 1. The van der Waals surface area contributed by atoms with Crippen molar-refractivity contribution in [2.45, 2.75) is 49.9 Å². The molecule has 11 nitrogen and oxygen atoms in total. The number of hydrogen-bond acceptors (Lipinski definition) is 6. The smallest absolute Gasteiger partial charge is 0.241 e. The van der Waals surface area contributed by atoms with Crippen molar-refractivity contribution in [1.29, 1.82) is 5.41 Å². The van der Waals surface area contributed by atoms with Gasteiger partial charge in [0.2, 0.25) is 21.8 Å². The number of carbonyl (C=O) groups excluding carboxylic acids is 3. The Hall–Kier alpha value is -2.99. The maximum Gasteiger partial charge on any atom is 0.241 e. The molecule has 5 N–H and O–H groups in total. The van der Waals surface area contributed by atoms with Crippen LogP contribution in [0.25, 0.3) is 0 Å². The Kier molecular flexibility index (Phi) is 9.21. The van der Waals surface area contributed by atoms with E-state index >= 15 is 0 Å². The van der Waals surface area contributed by atoms with E-state index in [1.165, 1.54) is 4.90 Å². The van der Waals surface area contributed by atoms with Crippen molar-refractivity contribution in [2.75, 3.05) is 26.2 Å². The summed E-state index contributed by atoms with van der Waals surface area (Å²) in [7, 11) is -3.74. The Morgan fingerprint density at radius 1 is 1.20 bits per heavy atom. The number of guanidine groups is 1. The van der Waals surface area contributed by atoms with Crippen LogP contribution in [0.15, 0.2) is 30.3 Å². The fourth-order valence-electron chi connectivity index (χ4n) is 4.67. The van der Waals surface area contributed by atoms with Crippen LogP contribution in [0.5, 0.6) is 0 Å². The summed E-state index contributed by atoms with van der Waals surface area (Å²) in [5.74, 6) is -1.04. The van der Waals surface area contributed by atoms with Gasteiger partial charge in [-0.3, -0.25) is 15.0 Å². The van der Waals surface area contributed by atoms with Gasteiger partial charge in [-0.2, -0.15) is 0 Å². The molecule has 2 heterocycles. The van der Waals surface area contributed by atoms with E-state index in [0.717, 1.165) is 12.8 Å². The maximum atomic E-state index is 12.9. The van der Waals surface area contributed by atoms with Gasteiger partial charge >= 0.3 is 0 Å². The Labute approximate surface area is 206 Å². The molecule has 0 aromatic heterocycles. The van der Waals surface area contributed by atoms with Gasteiger partial charge in [-0.25, -0.2) is 13.1 Å². The molecule has 2 saturated heterocycles. The summed E-state index contributed by atoms with van der Waals surface area (Å²) in [6.07, 6.45) is 3.75. The number of rotatable bonds is 10. The zero-order valence-corrected chi connectivity index (χ0v) is 20.5. The highest BCUT2D eigenvalue weighted by Gasteiger charge is 2.33. The average Bonchev–Trinajstić information content (AvgIpc) is 2.81. The number of hydrogen-bond donors (Lipinski definition) is 4. The largest absolute Gasteiger partial charge is 0.370 e. The van der Waals surface area contributed by atoms with E-state index in [2.05, 4.69) is 10.0 Å². The summed E-state index contributed by atoms with van der Waals surface area (Å²) < 4.78 is 27.6. The Morgan fingerprint density at radius 2 is 1.91 bits per heavy atom. The molecule has 3 atom stereocenters. The number of piperidine rings is 2. The van der Waals surface area contributed by atoms with Crippen molar-refractivity contribution in [1.82, 2.24) is 19.8 Å². The highest BCUT2D eigenvalue weighted by atomic mass is 32.2. The van der Waals surface area contributed by atoms with Crippen LogP contribution in [0.2, 0.25) is 0 Å². The van der Waals surface area contributed by atoms with Gasteiger partial charge in [0.05, 0.1) is 18.3 Å². The van der Waals surface area contributed by atoms with Gasteiger partial charge in [-0.15, -0.1) is 0 Å². The van der Waals surface area contributed by atoms with E-state index in [0.29, 0.717) is 50.7 Å². The molecule has 0 bridgehead atoms.